The topological polar surface area (TPSA) is 41.5 Å². The van der Waals surface area contributed by atoms with Gasteiger partial charge >= 0.3 is 0 Å². The minimum Gasteiger partial charge on any atom is -0.492 e. The molecule has 2 N–H and O–H groups in total. The SMILES string of the molecule is CNC(CCO)COc1cc(F)ccc1C. The van der Waals surface area contributed by atoms with Crippen molar-refractivity contribution in [3.63, 3.8) is 0 Å². The molecule has 1 aromatic carbocycles. The Morgan fingerprint density at radius 1 is 1.50 bits per heavy atom. The van der Waals surface area contributed by atoms with Crippen molar-refractivity contribution in [3.8, 4) is 5.75 Å². The quantitative estimate of drug-likeness (QED) is 0.773. The zero-order valence-corrected chi connectivity index (χ0v) is 9.66. The standard InChI is InChI=1S/C12H18FNO2/c1-9-3-4-10(13)7-12(9)16-8-11(14-2)5-6-15/h3-4,7,11,14-15H,5-6,8H2,1-2H3. The van der Waals surface area contributed by atoms with Gasteiger partial charge < -0.3 is 15.2 Å². The molecule has 1 rings (SSSR count). The lowest BCUT2D eigenvalue weighted by Crippen LogP contribution is -2.32. The molecule has 0 saturated heterocycles. The number of aliphatic hydroxyl groups is 1. The van der Waals surface area contributed by atoms with Gasteiger partial charge in [0.2, 0.25) is 0 Å². The third-order valence-corrected chi connectivity index (χ3v) is 2.48. The van der Waals surface area contributed by atoms with Gasteiger partial charge in [0.25, 0.3) is 0 Å². The predicted molar refractivity (Wildman–Crippen MR) is 61.2 cm³/mol. The summed E-state index contributed by atoms with van der Waals surface area (Å²) in [6.45, 7) is 2.40. The maximum Gasteiger partial charge on any atom is 0.126 e. The predicted octanol–water partition coefficient (Wildman–Crippen LogP) is 1.48. The lowest BCUT2D eigenvalue weighted by molar-refractivity contribution is 0.218. The summed E-state index contributed by atoms with van der Waals surface area (Å²) in [5.74, 6) is 0.252. The fourth-order valence-electron chi connectivity index (χ4n) is 1.39. The summed E-state index contributed by atoms with van der Waals surface area (Å²) in [7, 11) is 1.81. The normalized spacial score (nSPS) is 12.5. The molecule has 1 unspecified atom stereocenters. The molecule has 0 bridgehead atoms. The van der Waals surface area contributed by atoms with E-state index in [0.717, 1.165) is 5.56 Å². The fraction of sp³-hybridized carbons (Fsp3) is 0.500. The van der Waals surface area contributed by atoms with Gasteiger partial charge in [-0.2, -0.15) is 0 Å². The van der Waals surface area contributed by atoms with Gasteiger partial charge in [-0.15, -0.1) is 0 Å². The smallest absolute Gasteiger partial charge is 0.126 e. The van der Waals surface area contributed by atoms with E-state index < -0.39 is 0 Å². The first-order chi connectivity index (χ1) is 7.67. The Balaban J connectivity index is 2.55. The van der Waals surface area contributed by atoms with E-state index in [9.17, 15) is 4.39 Å². The molecule has 0 aliphatic carbocycles. The molecule has 4 heteroatoms. The first kappa shape index (κ1) is 12.9. The molecule has 3 nitrogen and oxygen atoms in total. The van der Waals surface area contributed by atoms with Crippen LogP contribution in [0.25, 0.3) is 0 Å². The number of aryl methyl sites for hydroxylation is 1. The van der Waals surface area contributed by atoms with Gasteiger partial charge in [-0.3, -0.25) is 0 Å². The van der Waals surface area contributed by atoms with Crippen LogP contribution in [0.2, 0.25) is 0 Å². The number of hydrogen-bond donors (Lipinski definition) is 2. The number of likely N-dealkylation sites (N-methyl/N-ethyl adjacent to an activating group) is 1. The largest absolute Gasteiger partial charge is 0.492 e. The molecule has 0 saturated carbocycles. The van der Waals surface area contributed by atoms with Gasteiger partial charge in [0, 0.05) is 18.7 Å². The molecule has 1 atom stereocenters. The van der Waals surface area contributed by atoms with Gasteiger partial charge in [-0.05, 0) is 32.0 Å². The highest BCUT2D eigenvalue weighted by Gasteiger charge is 2.08. The molecule has 0 amide bonds. The van der Waals surface area contributed by atoms with Crippen molar-refractivity contribution < 1.29 is 14.2 Å². The van der Waals surface area contributed by atoms with Crippen molar-refractivity contribution in [1.29, 1.82) is 0 Å². The number of nitrogens with one attached hydrogen (secondary N) is 1. The van der Waals surface area contributed by atoms with Crippen molar-refractivity contribution in [2.45, 2.75) is 19.4 Å². The number of ether oxygens (including phenoxy) is 1. The Labute approximate surface area is 95.2 Å². The van der Waals surface area contributed by atoms with Crippen LogP contribution < -0.4 is 10.1 Å². The first-order valence-corrected chi connectivity index (χ1v) is 5.34. The van der Waals surface area contributed by atoms with Crippen LogP contribution in [-0.4, -0.2) is 31.4 Å². The minimum atomic E-state index is -0.302. The summed E-state index contributed by atoms with van der Waals surface area (Å²) in [6, 6.07) is 4.55. The van der Waals surface area contributed by atoms with Crippen molar-refractivity contribution in [2.75, 3.05) is 20.3 Å². The molecule has 0 spiro atoms. The van der Waals surface area contributed by atoms with Crippen LogP contribution in [0, 0.1) is 12.7 Å². The van der Waals surface area contributed by atoms with Crippen LogP contribution in [0.15, 0.2) is 18.2 Å². The number of hydrogen-bond acceptors (Lipinski definition) is 3. The molecular weight excluding hydrogens is 209 g/mol. The van der Waals surface area contributed by atoms with E-state index in [-0.39, 0.29) is 18.5 Å². The van der Waals surface area contributed by atoms with Crippen molar-refractivity contribution in [2.24, 2.45) is 0 Å². The highest BCUT2D eigenvalue weighted by atomic mass is 19.1. The Hall–Kier alpha value is -1.13. The Morgan fingerprint density at radius 2 is 2.25 bits per heavy atom. The number of benzene rings is 1. The number of rotatable bonds is 6. The number of aliphatic hydroxyl groups excluding tert-OH is 1. The van der Waals surface area contributed by atoms with Crippen LogP contribution in [0.5, 0.6) is 5.75 Å². The summed E-state index contributed by atoms with van der Waals surface area (Å²) < 4.78 is 18.5. The zero-order chi connectivity index (χ0) is 12.0. The molecule has 0 aliphatic rings. The van der Waals surface area contributed by atoms with E-state index in [1.54, 1.807) is 6.07 Å². The van der Waals surface area contributed by atoms with Gasteiger partial charge in [-0.1, -0.05) is 6.07 Å². The van der Waals surface area contributed by atoms with Gasteiger partial charge in [0.05, 0.1) is 0 Å². The second-order valence-corrected chi connectivity index (χ2v) is 3.72. The summed E-state index contributed by atoms with van der Waals surface area (Å²) in [4.78, 5) is 0. The third-order valence-electron chi connectivity index (χ3n) is 2.48. The highest BCUT2D eigenvalue weighted by Crippen LogP contribution is 2.18. The lowest BCUT2D eigenvalue weighted by atomic mass is 10.2. The van der Waals surface area contributed by atoms with Gasteiger partial charge in [0.1, 0.15) is 18.2 Å². The molecule has 1 aromatic rings. The van der Waals surface area contributed by atoms with E-state index in [0.29, 0.717) is 18.8 Å². The molecular formula is C12H18FNO2. The maximum absolute atomic E-state index is 13.0. The Kier molecular flexibility index (Phi) is 5.22. The maximum atomic E-state index is 13.0. The Bertz CT molecular complexity index is 331. The molecule has 90 valence electrons. The van der Waals surface area contributed by atoms with Crippen LogP contribution in [-0.2, 0) is 0 Å². The molecule has 0 fully saturated rings. The summed E-state index contributed by atoms with van der Waals surface area (Å²) in [5, 5.41) is 11.8. The van der Waals surface area contributed by atoms with Crippen molar-refractivity contribution >= 4 is 0 Å². The Morgan fingerprint density at radius 3 is 2.88 bits per heavy atom. The summed E-state index contributed by atoms with van der Waals surface area (Å²) in [6.07, 6.45) is 0.616. The summed E-state index contributed by atoms with van der Waals surface area (Å²) >= 11 is 0. The van der Waals surface area contributed by atoms with E-state index in [4.69, 9.17) is 9.84 Å². The van der Waals surface area contributed by atoms with Gasteiger partial charge in [0.15, 0.2) is 0 Å². The second kappa shape index (κ2) is 6.45. The highest BCUT2D eigenvalue weighted by molar-refractivity contribution is 5.32. The van der Waals surface area contributed by atoms with E-state index in [1.165, 1.54) is 12.1 Å². The van der Waals surface area contributed by atoms with Crippen LogP contribution in [0.1, 0.15) is 12.0 Å². The first-order valence-electron chi connectivity index (χ1n) is 5.34. The minimum absolute atomic E-state index is 0.0765. The van der Waals surface area contributed by atoms with Crippen molar-refractivity contribution in [1.82, 2.24) is 5.32 Å². The van der Waals surface area contributed by atoms with Crippen LogP contribution >= 0.6 is 0 Å². The monoisotopic (exact) mass is 227 g/mol. The second-order valence-electron chi connectivity index (χ2n) is 3.72. The van der Waals surface area contributed by atoms with Gasteiger partial charge in [-0.25, -0.2) is 4.39 Å². The third kappa shape index (κ3) is 3.79. The molecule has 0 aromatic heterocycles. The van der Waals surface area contributed by atoms with Crippen LogP contribution in [0.4, 0.5) is 4.39 Å². The van der Waals surface area contributed by atoms with E-state index >= 15 is 0 Å². The molecule has 0 aliphatic heterocycles. The van der Waals surface area contributed by atoms with E-state index in [2.05, 4.69) is 5.32 Å². The summed E-state index contributed by atoms with van der Waals surface area (Å²) in [5.41, 5.74) is 0.903. The fourth-order valence-corrected chi connectivity index (χ4v) is 1.39. The average Bonchev–Trinajstić information content (AvgIpc) is 2.28. The van der Waals surface area contributed by atoms with E-state index in [1.807, 2.05) is 14.0 Å². The number of halogens is 1. The van der Waals surface area contributed by atoms with Crippen molar-refractivity contribution in [3.05, 3.63) is 29.6 Å². The van der Waals surface area contributed by atoms with Crippen LogP contribution in [0.3, 0.4) is 0 Å². The average molecular weight is 227 g/mol. The lowest BCUT2D eigenvalue weighted by Gasteiger charge is -2.16. The molecule has 0 radical (unpaired) electrons. The molecule has 16 heavy (non-hydrogen) atoms. The molecule has 0 heterocycles. The zero-order valence-electron chi connectivity index (χ0n) is 9.66.